The molecule has 0 aromatic rings. The number of carbonyl (C=O) groups excluding carboxylic acids is 1. The molecule has 2 nitrogen and oxygen atoms in total. The number of rotatable bonds is 4. The van der Waals surface area contributed by atoms with Crippen LogP contribution in [0, 0.1) is 5.92 Å². The van der Waals surface area contributed by atoms with Gasteiger partial charge in [-0.15, -0.1) is 0 Å². The van der Waals surface area contributed by atoms with Gasteiger partial charge in [-0.3, -0.25) is 4.79 Å². The van der Waals surface area contributed by atoms with Crippen molar-refractivity contribution in [2.45, 2.75) is 19.3 Å². The van der Waals surface area contributed by atoms with Gasteiger partial charge >= 0.3 is 0 Å². The van der Waals surface area contributed by atoms with Gasteiger partial charge in [-0.25, -0.2) is 0 Å². The lowest BCUT2D eigenvalue weighted by atomic mass is 10.2. The lowest BCUT2D eigenvalue weighted by molar-refractivity contribution is -0.121. The molecule has 1 saturated carbocycles. The Kier molecular flexibility index (Phi) is 2.22. The highest BCUT2D eigenvalue weighted by Gasteiger charge is 2.28. The van der Waals surface area contributed by atoms with Gasteiger partial charge in [-0.1, -0.05) is 0 Å². The third-order valence-electron chi connectivity index (χ3n) is 1.59. The smallest absolute Gasteiger partial charge is 0.138 e. The van der Waals surface area contributed by atoms with Gasteiger partial charge in [0.25, 0.3) is 0 Å². The van der Waals surface area contributed by atoms with Crippen molar-refractivity contribution in [2.75, 3.05) is 13.7 Å². The summed E-state index contributed by atoms with van der Waals surface area (Å²) in [6.45, 7) is 0.593. The van der Waals surface area contributed by atoms with Crippen molar-refractivity contribution >= 4 is 5.78 Å². The highest BCUT2D eigenvalue weighted by atomic mass is 16.5. The number of ether oxygens (including phenoxy) is 1. The first-order chi connectivity index (χ1) is 4.34. The Morgan fingerprint density at radius 1 is 1.67 bits per heavy atom. The molecule has 0 N–H and O–H groups in total. The average Bonchev–Trinajstić information content (AvgIpc) is 2.63. The van der Waals surface area contributed by atoms with Crippen molar-refractivity contribution in [1.29, 1.82) is 0 Å². The van der Waals surface area contributed by atoms with Crippen LogP contribution < -0.4 is 0 Å². The van der Waals surface area contributed by atoms with Crippen LogP contribution >= 0.6 is 0 Å². The van der Waals surface area contributed by atoms with E-state index >= 15 is 0 Å². The Balaban J connectivity index is 2.03. The maximum atomic E-state index is 10.9. The molecule has 0 heterocycles. The van der Waals surface area contributed by atoms with Crippen LogP contribution in [0.2, 0.25) is 0 Å². The van der Waals surface area contributed by atoms with E-state index in [1.165, 1.54) is 0 Å². The zero-order valence-corrected chi connectivity index (χ0v) is 5.72. The van der Waals surface area contributed by atoms with Crippen LogP contribution in [-0.4, -0.2) is 19.5 Å². The van der Waals surface area contributed by atoms with Gasteiger partial charge in [-0.2, -0.15) is 0 Å². The van der Waals surface area contributed by atoms with Crippen LogP contribution in [0.1, 0.15) is 19.3 Å². The van der Waals surface area contributed by atoms with E-state index in [1.807, 2.05) is 0 Å². The molecule has 52 valence electrons. The maximum absolute atomic E-state index is 10.9. The predicted molar refractivity (Wildman–Crippen MR) is 34.2 cm³/mol. The SMILES string of the molecule is COCCC(=O)C1CC1. The third kappa shape index (κ3) is 2.14. The van der Waals surface area contributed by atoms with Crippen LogP contribution in [0.3, 0.4) is 0 Å². The van der Waals surface area contributed by atoms with Crippen molar-refractivity contribution in [3.05, 3.63) is 0 Å². The van der Waals surface area contributed by atoms with Gasteiger partial charge in [0.15, 0.2) is 0 Å². The molecule has 1 fully saturated rings. The maximum Gasteiger partial charge on any atom is 0.138 e. The molecular formula is C7H12O2. The predicted octanol–water partition coefficient (Wildman–Crippen LogP) is 1.00. The molecule has 0 saturated heterocycles. The Morgan fingerprint density at radius 3 is 2.78 bits per heavy atom. The molecule has 0 bridgehead atoms. The summed E-state index contributed by atoms with van der Waals surface area (Å²) in [5, 5.41) is 0. The molecule has 0 amide bonds. The molecule has 0 spiro atoms. The molecule has 0 unspecified atom stereocenters. The van der Waals surface area contributed by atoms with Crippen molar-refractivity contribution < 1.29 is 9.53 Å². The van der Waals surface area contributed by atoms with Crippen molar-refractivity contribution in [1.82, 2.24) is 0 Å². The Bertz CT molecular complexity index is 105. The van der Waals surface area contributed by atoms with Crippen LogP contribution in [0.15, 0.2) is 0 Å². The van der Waals surface area contributed by atoms with Crippen LogP contribution in [-0.2, 0) is 9.53 Å². The summed E-state index contributed by atoms with van der Waals surface area (Å²) in [5.41, 5.74) is 0. The second-order valence-electron chi connectivity index (χ2n) is 2.48. The number of hydrogen-bond donors (Lipinski definition) is 0. The van der Waals surface area contributed by atoms with Crippen LogP contribution in [0.4, 0.5) is 0 Å². The average molecular weight is 128 g/mol. The Hall–Kier alpha value is -0.370. The normalized spacial score (nSPS) is 17.9. The van der Waals surface area contributed by atoms with E-state index in [4.69, 9.17) is 4.74 Å². The van der Waals surface area contributed by atoms with Crippen LogP contribution in [0.5, 0.6) is 0 Å². The second kappa shape index (κ2) is 2.97. The first-order valence-electron chi connectivity index (χ1n) is 3.36. The zero-order valence-electron chi connectivity index (χ0n) is 5.72. The summed E-state index contributed by atoms with van der Waals surface area (Å²) in [6.07, 6.45) is 2.84. The minimum Gasteiger partial charge on any atom is -0.384 e. The van der Waals surface area contributed by atoms with Crippen molar-refractivity contribution in [2.24, 2.45) is 5.92 Å². The van der Waals surface area contributed by atoms with E-state index < -0.39 is 0 Å². The fourth-order valence-electron chi connectivity index (χ4n) is 0.812. The molecule has 1 aliphatic rings. The number of carbonyl (C=O) groups is 1. The Labute approximate surface area is 55.2 Å². The summed E-state index contributed by atoms with van der Waals surface area (Å²) >= 11 is 0. The van der Waals surface area contributed by atoms with E-state index in [2.05, 4.69) is 0 Å². The van der Waals surface area contributed by atoms with E-state index in [1.54, 1.807) is 7.11 Å². The quantitative estimate of drug-likeness (QED) is 0.564. The lowest BCUT2D eigenvalue weighted by Crippen LogP contribution is -2.03. The fourth-order valence-corrected chi connectivity index (χ4v) is 0.812. The summed E-state index contributed by atoms with van der Waals surface area (Å²) in [5.74, 6) is 0.789. The molecule has 1 rings (SSSR count). The molecule has 9 heavy (non-hydrogen) atoms. The topological polar surface area (TPSA) is 26.3 Å². The molecule has 0 aromatic carbocycles. The molecular weight excluding hydrogens is 116 g/mol. The van der Waals surface area contributed by atoms with E-state index in [0.29, 0.717) is 24.7 Å². The fraction of sp³-hybridized carbons (Fsp3) is 0.857. The summed E-state index contributed by atoms with van der Waals surface area (Å²) in [4.78, 5) is 10.9. The number of Topliss-reactive ketones (excluding diaryl/α,β-unsaturated/α-hetero) is 1. The third-order valence-corrected chi connectivity index (χ3v) is 1.59. The molecule has 0 aliphatic heterocycles. The number of ketones is 1. The lowest BCUT2D eigenvalue weighted by Gasteiger charge is -1.94. The van der Waals surface area contributed by atoms with E-state index in [-0.39, 0.29) is 0 Å². The summed E-state index contributed by atoms with van der Waals surface area (Å²) in [6, 6.07) is 0. The second-order valence-corrected chi connectivity index (χ2v) is 2.48. The van der Waals surface area contributed by atoms with Gasteiger partial charge in [0.2, 0.25) is 0 Å². The van der Waals surface area contributed by atoms with Crippen molar-refractivity contribution in [3.63, 3.8) is 0 Å². The molecule has 2 heteroatoms. The standard InChI is InChI=1S/C7H12O2/c1-9-5-4-7(8)6-2-3-6/h6H,2-5H2,1H3. The molecule has 0 atom stereocenters. The first kappa shape index (κ1) is 6.75. The molecule has 0 aromatic heterocycles. The van der Waals surface area contributed by atoms with Gasteiger partial charge in [0.05, 0.1) is 6.61 Å². The summed E-state index contributed by atoms with van der Waals surface area (Å²) in [7, 11) is 1.63. The number of methoxy groups -OCH3 is 1. The number of hydrogen-bond acceptors (Lipinski definition) is 2. The molecule has 0 radical (unpaired) electrons. The minimum atomic E-state index is 0.386. The highest BCUT2D eigenvalue weighted by molar-refractivity contribution is 5.83. The van der Waals surface area contributed by atoms with Gasteiger partial charge in [-0.05, 0) is 12.8 Å². The van der Waals surface area contributed by atoms with Crippen molar-refractivity contribution in [3.8, 4) is 0 Å². The zero-order chi connectivity index (χ0) is 6.69. The van der Waals surface area contributed by atoms with E-state index in [0.717, 1.165) is 12.8 Å². The molecule has 1 aliphatic carbocycles. The first-order valence-corrected chi connectivity index (χ1v) is 3.36. The minimum absolute atomic E-state index is 0.386. The largest absolute Gasteiger partial charge is 0.384 e. The van der Waals surface area contributed by atoms with Gasteiger partial charge in [0, 0.05) is 19.4 Å². The Morgan fingerprint density at radius 2 is 2.33 bits per heavy atom. The van der Waals surface area contributed by atoms with Crippen LogP contribution in [0.25, 0.3) is 0 Å². The van der Waals surface area contributed by atoms with E-state index in [9.17, 15) is 4.79 Å². The summed E-state index contributed by atoms with van der Waals surface area (Å²) < 4.78 is 4.77. The monoisotopic (exact) mass is 128 g/mol. The van der Waals surface area contributed by atoms with Gasteiger partial charge in [0.1, 0.15) is 5.78 Å². The van der Waals surface area contributed by atoms with Gasteiger partial charge < -0.3 is 4.74 Å². The highest BCUT2D eigenvalue weighted by Crippen LogP contribution is 2.30.